The molecule has 0 fully saturated rings. The fourth-order valence-electron chi connectivity index (χ4n) is 3.18. The van der Waals surface area contributed by atoms with Crippen LogP contribution in [0.2, 0.25) is 0 Å². The number of nitrogen functional groups attached to an aromatic ring is 1. The van der Waals surface area contributed by atoms with Crippen LogP contribution in [0.3, 0.4) is 0 Å². The molecule has 3 rings (SSSR count). The average molecular weight is 339 g/mol. The van der Waals surface area contributed by atoms with Crippen molar-refractivity contribution in [2.45, 2.75) is 19.3 Å². The van der Waals surface area contributed by atoms with Crippen LogP contribution in [-0.4, -0.2) is 37.7 Å². The van der Waals surface area contributed by atoms with Crippen LogP contribution in [0.1, 0.15) is 18.4 Å². The number of aryl methyl sites for hydroxylation is 1. The maximum absolute atomic E-state index is 12.1. The number of nitrogens with two attached hydrogens (primary N) is 1. The van der Waals surface area contributed by atoms with E-state index in [-0.39, 0.29) is 6.09 Å². The van der Waals surface area contributed by atoms with Gasteiger partial charge in [0.25, 0.3) is 0 Å². The molecule has 5 nitrogen and oxygen atoms in total. The molecule has 1 aliphatic heterocycles. The molecule has 2 aromatic rings. The van der Waals surface area contributed by atoms with Gasteiger partial charge in [0, 0.05) is 38.1 Å². The lowest BCUT2D eigenvalue weighted by Crippen LogP contribution is -2.35. The van der Waals surface area contributed by atoms with Crippen molar-refractivity contribution in [3.63, 3.8) is 0 Å². The van der Waals surface area contributed by atoms with Crippen molar-refractivity contribution in [2.24, 2.45) is 0 Å². The summed E-state index contributed by atoms with van der Waals surface area (Å²) in [5, 5.41) is 0. The molecule has 1 amide bonds. The number of benzene rings is 2. The summed E-state index contributed by atoms with van der Waals surface area (Å²) in [6.07, 6.45) is 2.80. The summed E-state index contributed by atoms with van der Waals surface area (Å²) >= 11 is 0. The first kappa shape index (κ1) is 17.1. The molecular weight excluding hydrogens is 314 g/mol. The fourth-order valence-corrected chi connectivity index (χ4v) is 3.18. The fraction of sp³-hybridized carbons (Fsp3) is 0.350. The summed E-state index contributed by atoms with van der Waals surface area (Å²) < 4.78 is 5.35. The Morgan fingerprint density at radius 2 is 2.04 bits per heavy atom. The molecule has 2 aromatic carbocycles. The van der Waals surface area contributed by atoms with Crippen LogP contribution in [0.15, 0.2) is 48.5 Å². The lowest BCUT2D eigenvalue weighted by atomic mass is 10.0. The number of carbonyl (C=O) groups is 1. The summed E-state index contributed by atoms with van der Waals surface area (Å²) in [5.74, 6) is 0.571. The van der Waals surface area contributed by atoms with Crippen LogP contribution < -0.4 is 15.4 Å². The summed E-state index contributed by atoms with van der Waals surface area (Å²) in [6.45, 7) is 2.63. The largest absolute Gasteiger partial charge is 0.414 e. The molecular formula is C20H25N3O2. The Kier molecular flexibility index (Phi) is 5.43. The van der Waals surface area contributed by atoms with Gasteiger partial charge in [0.1, 0.15) is 5.75 Å². The van der Waals surface area contributed by atoms with Crippen LogP contribution in [0.25, 0.3) is 0 Å². The first-order valence-corrected chi connectivity index (χ1v) is 8.75. The van der Waals surface area contributed by atoms with E-state index in [2.05, 4.69) is 17.0 Å². The zero-order valence-corrected chi connectivity index (χ0v) is 14.6. The predicted octanol–water partition coefficient (Wildman–Crippen LogP) is 3.54. The van der Waals surface area contributed by atoms with Crippen molar-refractivity contribution < 1.29 is 9.53 Å². The number of carbonyl (C=O) groups excluding carboxylic acids is 1. The second kappa shape index (κ2) is 7.92. The second-order valence-electron chi connectivity index (χ2n) is 6.43. The van der Waals surface area contributed by atoms with Crippen molar-refractivity contribution in [3.8, 4) is 5.75 Å². The van der Waals surface area contributed by atoms with Crippen molar-refractivity contribution in [1.82, 2.24) is 4.90 Å². The quantitative estimate of drug-likeness (QED) is 0.847. The van der Waals surface area contributed by atoms with E-state index in [4.69, 9.17) is 10.5 Å². The van der Waals surface area contributed by atoms with Gasteiger partial charge in [0.15, 0.2) is 0 Å². The van der Waals surface area contributed by atoms with Crippen molar-refractivity contribution in [3.05, 3.63) is 54.1 Å². The van der Waals surface area contributed by atoms with Crippen LogP contribution in [0.4, 0.5) is 16.2 Å². The SMILES string of the molecule is CN(CCCN1CCCc2cc(N)ccc21)C(=O)Oc1ccccc1. The van der Waals surface area contributed by atoms with Gasteiger partial charge >= 0.3 is 6.09 Å². The first-order valence-electron chi connectivity index (χ1n) is 8.75. The highest BCUT2D eigenvalue weighted by molar-refractivity contribution is 5.70. The Hall–Kier alpha value is -2.69. The maximum Gasteiger partial charge on any atom is 0.414 e. The Labute approximate surface area is 149 Å². The molecule has 1 aliphatic rings. The lowest BCUT2D eigenvalue weighted by molar-refractivity contribution is 0.162. The number of ether oxygens (including phenoxy) is 1. The number of hydrogen-bond acceptors (Lipinski definition) is 4. The van der Waals surface area contributed by atoms with Crippen molar-refractivity contribution in [2.75, 3.05) is 37.3 Å². The Morgan fingerprint density at radius 1 is 1.24 bits per heavy atom. The number of hydrogen-bond donors (Lipinski definition) is 1. The predicted molar refractivity (Wildman–Crippen MR) is 101 cm³/mol. The van der Waals surface area contributed by atoms with Gasteiger partial charge in [-0.1, -0.05) is 18.2 Å². The topological polar surface area (TPSA) is 58.8 Å². The average Bonchev–Trinajstić information content (AvgIpc) is 2.62. The minimum Gasteiger partial charge on any atom is -0.410 e. The molecule has 132 valence electrons. The maximum atomic E-state index is 12.1. The van der Waals surface area contributed by atoms with Crippen molar-refractivity contribution in [1.29, 1.82) is 0 Å². The molecule has 0 radical (unpaired) electrons. The zero-order valence-electron chi connectivity index (χ0n) is 14.6. The minimum absolute atomic E-state index is 0.321. The first-order chi connectivity index (χ1) is 12.1. The summed E-state index contributed by atoms with van der Waals surface area (Å²) in [5.41, 5.74) is 9.31. The van der Waals surface area contributed by atoms with E-state index < -0.39 is 0 Å². The number of anilines is 2. The smallest absolute Gasteiger partial charge is 0.410 e. The van der Waals surface area contributed by atoms with E-state index in [0.717, 1.165) is 38.0 Å². The molecule has 0 saturated heterocycles. The highest BCUT2D eigenvalue weighted by Gasteiger charge is 2.17. The molecule has 0 aliphatic carbocycles. The van der Waals surface area contributed by atoms with Crippen LogP contribution in [0.5, 0.6) is 5.75 Å². The van der Waals surface area contributed by atoms with Crippen LogP contribution in [-0.2, 0) is 6.42 Å². The molecule has 5 heteroatoms. The Bertz CT molecular complexity index is 718. The van der Waals surface area contributed by atoms with E-state index in [1.807, 2.05) is 24.3 Å². The summed E-state index contributed by atoms with van der Waals surface area (Å²) in [7, 11) is 1.77. The van der Waals surface area contributed by atoms with E-state index in [9.17, 15) is 4.79 Å². The van der Waals surface area contributed by atoms with Gasteiger partial charge in [0.05, 0.1) is 0 Å². The summed E-state index contributed by atoms with van der Waals surface area (Å²) in [4.78, 5) is 16.1. The van der Waals surface area contributed by atoms with Gasteiger partial charge in [-0.2, -0.15) is 0 Å². The van der Waals surface area contributed by atoms with Crippen LogP contribution in [0, 0.1) is 0 Å². The molecule has 0 spiro atoms. The number of nitrogens with zero attached hydrogens (tertiary/aromatic N) is 2. The molecule has 0 unspecified atom stereocenters. The number of rotatable bonds is 5. The highest BCUT2D eigenvalue weighted by atomic mass is 16.6. The molecule has 0 aromatic heterocycles. The molecule has 2 N–H and O–H groups in total. The van der Waals surface area contributed by atoms with Gasteiger partial charge in [-0.05, 0) is 55.2 Å². The molecule has 0 bridgehead atoms. The Balaban J connectivity index is 1.49. The van der Waals surface area contributed by atoms with Crippen molar-refractivity contribution >= 4 is 17.5 Å². The molecule has 0 atom stereocenters. The van der Waals surface area contributed by atoms with E-state index in [0.29, 0.717) is 12.3 Å². The van der Waals surface area contributed by atoms with E-state index in [1.165, 1.54) is 11.3 Å². The van der Waals surface area contributed by atoms with Gasteiger partial charge in [-0.3, -0.25) is 0 Å². The van der Waals surface area contributed by atoms with E-state index in [1.54, 1.807) is 24.1 Å². The summed E-state index contributed by atoms with van der Waals surface area (Å²) in [6, 6.07) is 15.3. The van der Waals surface area contributed by atoms with Gasteiger partial charge < -0.3 is 20.3 Å². The number of fused-ring (bicyclic) bond motifs is 1. The monoisotopic (exact) mass is 339 g/mol. The molecule has 25 heavy (non-hydrogen) atoms. The highest BCUT2D eigenvalue weighted by Crippen LogP contribution is 2.28. The molecule has 1 heterocycles. The third kappa shape index (κ3) is 4.44. The normalized spacial score (nSPS) is 13.2. The third-order valence-corrected chi connectivity index (χ3v) is 4.50. The lowest BCUT2D eigenvalue weighted by Gasteiger charge is -2.32. The van der Waals surface area contributed by atoms with Crippen LogP contribution >= 0.6 is 0 Å². The third-order valence-electron chi connectivity index (χ3n) is 4.50. The Morgan fingerprint density at radius 3 is 2.84 bits per heavy atom. The second-order valence-corrected chi connectivity index (χ2v) is 6.43. The van der Waals surface area contributed by atoms with E-state index >= 15 is 0 Å². The number of amides is 1. The standard InChI is InChI=1S/C20H25N3O2/c1-22(20(24)25-18-8-3-2-4-9-18)12-6-14-23-13-5-7-16-15-17(21)10-11-19(16)23/h2-4,8-11,15H,5-7,12-14,21H2,1H3. The molecule has 0 saturated carbocycles. The van der Waals surface area contributed by atoms with Gasteiger partial charge in [-0.15, -0.1) is 0 Å². The minimum atomic E-state index is -0.321. The number of para-hydroxylation sites is 1. The zero-order chi connectivity index (χ0) is 17.6. The van der Waals surface area contributed by atoms with Gasteiger partial charge in [-0.25, -0.2) is 4.79 Å². The van der Waals surface area contributed by atoms with Gasteiger partial charge in [0.2, 0.25) is 0 Å².